The maximum Gasteiger partial charge on any atom is 0.331 e. The Morgan fingerprint density at radius 3 is 2.65 bits per heavy atom. The van der Waals surface area contributed by atoms with E-state index in [4.69, 9.17) is 0 Å². The lowest BCUT2D eigenvalue weighted by Gasteiger charge is -2.24. The molecule has 1 aromatic carbocycles. The van der Waals surface area contributed by atoms with Gasteiger partial charge in [-0.05, 0) is 17.7 Å². The Morgan fingerprint density at radius 1 is 1.24 bits per heavy atom. The molecule has 0 aliphatic carbocycles. The second-order valence-electron chi connectivity index (χ2n) is 3.64. The summed E-state index contributed by atoms with van der Waals surface area (Å²) in [6.45, 7) is 0. The fourth-order valence-electron chi connectivity index (χ4n) is 1.45. The molecule has 1 aliphatic heterocycles. The van der Waals surface area contributed by atoms with Gasteiger partial charge in [-0.1, -0.05) is 36.4 Å². The van der Waals surface area contributed by atoms with Crippen LogP contribution in [0.5, 0.6) is 0 Å². The fraction of sp³-hybridized carbons (Fsp3) is 0.154. The molecule has 0 saturated heterocycles. The summed E-state index contributed by atoms with van der Waals surface area (Å²) in [5, 5.41) is 0. The average Bonchev–Trinajstić information content (AvgIpc) is 2.32. The lowest BCUT2D eigenvalue weighted by atomic mass is 10.1. The van der Waals surface area contributed by atoms with E-state index >= 15 is 0 Å². The zero-order chi connectivity index (χ0) is 12.3. The molecule has 17 heavy (non-hydrogen) atoms. The van der Waals surface area contributed by atoms with Crippen molar-refractivity contribution in [2.24, 2.45) is 0 Å². The molecule has 1 aromatic rings. The van der Waals surface area contributed by atoms with E-state index in [-0.39, 0.29) is 0 Å². The van der Waals surface area contributed by atoms with E-state index in [1.54, 1.807) is 24.3 Å². The molecule has 1 heterocycles. The van der Waals surface area contributed by atoms with Crippen LogP contribution in [0.4, 0.5) is 8.78 Å². The number of cyclic esters (lactones) is 1. The highest BCUT2D eigenvalue weighted by atomic mass is 19.3. The first-order valence-corrected chi connectivity index (χ1v) is 5.09. The Morgan fingerprint density at radius 2 is 1.94 bits per heavy atom. The maximum absolute atomic E-state index is 13.3. The van der Waals surface area contributed by atoms with Gasteiger partial charge in [0.25, 0.3) is 0 Å². The van der Waals surface area contributed by atoms with Gasteiger partial charge in [-0.15, -0.1) is 0 Å². The van der Waals surface area contributed by atoms with Gasteiger partial charge in [0, 0.05) is 6.08 Å². The number of hydrogen-bond acceptors (Lipinski definition) is 2. The normalized spacial score (nSPS) is 22.7. The number of rotatable bonds is 2. The molecule has 2 nitrogen and oxygen atoms in total. The molecule has 0 spiro atoms. The molecule has 1 aliphatic rings. The minimum absolute atomic E-state index is 0.568. The van der Waals surface area contributed by atoms with Crippen LogP contribution >= 0.6 is 0 Å². The largest absolute Gasteiger partial charge is 0.448 e. The SMILES string of the molecule is O=C1C=CC(F)(F)[C@@H](/C=C/c2ccccc2)O1. The summed E-state index contributed by atoms with van der Waals surface area (Å²) < 4.78 is 31.2. The first-order chi connectivity index (χ1) is 8.08. The van der Waals surface area contributed by atoms with Crippen molar-refractivity contribution in [2.75, 3.05) is 0 Å². The van der Waals surface area contributed by atoms with Crippen LogP contribution in [-0.2, 0) is 9.53 Å². The molecule has 0 bridgehead atoms. The smallest absolute Gasteiger partial charge is 0.331 e. The van der Waals surface area contributed by atoms with E-state index in [2.05, 4.69) is 4.74 Å². The van der Waals surface area contributed by atoms with Crippen molar-refractivity contribution in [3.63, 3.8) is 0 Å². The third-order valence-corrected chi connectivity index (χ3v) is 2.33. The lowest BCUT2D eigenvalue weighted by Crippen LogP contribution is -2.37. The molecule has 0 radical (unpaired) electrons. The van der Waals surface area contributed by atoms with Gasteiger partial charge in [0.1, 0.15) is 0 Å². The highest BCUT2D eigenvalue weighted by molar-refractivity contribution is 5.83. The van der Waals surface area contributed by atoms with Crippen LogP contribution in [0.1, 0.15) is 5.56 Å². The summed E-state index contributed by atoms with van der Waals surface area (Å²) in [5.74, 6) is -3.90. The standard InChI is InChI=1S/C13H10F2O2/c14-13(15)9-8-12(16)17-11(13)7-6-10-4-2-1-3-5-10/h1-9,11H/b7-6+/t11-/m1/s1. The number of alkyl halides is 2. The van der Waals surface area contributed by atoms with Crippen molar-refractivity contribution < 1.29 is 18.3 Å². The van der Waals surface area contributed by atoms with Crippen molar-refractivity contribution in [2.45, 2.75) is 12.0 Å². The van der Waals surface area contributed by atoms with E-state index in [1.165, 1.54) is 12.2 Å². The van der Waals surface area contributed by atoms with Gasteiger partial charge in [0.2, 0.25) is 0 Å². The van der Waals surface area contributed by atoms with Gasteiger partial charge in [-0.3, -0.25) is 0 Å². The van der Waals surface area contributed by atoms with Gasteiger partial charge >= 0.3 is 11.9 Å². The van der Waals surface area contributed by atoms with E-state index in [0.717, 1.165) is 11.6 Å². The van der Waals surface area contributed by atoms with Gasteiger partial charge < -0.3 is 4.74 Å². The Hall–Kier alpha value is -1.97. The Kier molecular flexibility index (Phi) is 3.04. The Balaban J connectivity index is 2.16. The molecule has 1 atom stereocenters. The van der Waals surface area contributed by atoms with Crippen molar-refractivity contribution in [1.82, 2.24) is 0 Å². The maximum atomic E-state index is 13.3. The topological polar surface area (TPSA) is 26.3 Å². The van der Waals surface area contributed by atoms with E-state index < -0.39 is 18.0 Å². The molecule has 0 saturated carbocycles. The summed E-state index contributed by atoms with van der Waals surface area (Å²) >= 11 is 0. The molecular formula is C13H10F2O2. The molecule has 0 aromatic heterocycles. The highest BCUT2D eigenvalue weighted by Gasteiger charge is 2.41. The summed E-state index contributed by atoms with van der Waals surface area (Å²) in [4.78, 5) is 10.9. The van der Waals surface area contributed by atoms with Crippen LogP contribution in [-0.4, -0.2) is 18.0 Å². The molecule has 0 N–H and O–H groups in total. The van der Waals surface area contributed by atoms with Crippen molar-refractivity contribution >= 4 is 12.0 Å². The highest BCUT2D eigenvalue weighted by Crippen LogP contribution is 2.28. The first kappa shape index (κ1) is 11.5. The number of carbonyl (C=O) groups excluding carboxylic acids is 1. The first-order valence-electron chi connectivity index (χ1n) is 5.09. The molecule has 2 rings (SSSR count). The number of halogens is 2. The predicted octanol–water partition coefficient (Wildman–Crippen LogP) is 2.82. The third-order valence-electron chi connectivity index (χ3n) is 2.33. The Bertz CT molecular complexity index is 464. The van der Waals surface area contributed by atoms with E-state index in [9.17, 15) is 13.6 Å². The van der Waals surface area contributed by atoms with E-state index in [0.29, 0.717) is 6.08 Å². The monoisotopic (exact) mass is 236 g/mol. The quantitative estimate of drug-likeness (QED) is 0.738. The van der Waals surface area contributed by atoms with Crippen LogP contribution in [0.3, 0.4) is 0 Å². The van der Waals surface area contributed by atoms with Crippen LogP contribution in [0.15, 0.2) is 48.6 Å². The molecule has 0 fully saturated rings. The minimum atomic E-state index is -3.15. The summed E-state index contributed by atoms with van der Waals surface area (Å²) in [7, 11) is 0. The van der Waals surface area contributed by atoms with Crippen molar-refractivity contribution in [1.29, 1.82) is 0 Å². The molecular weight excluding hydrogens is 226 g/mol. The van der Waals surface area contributed by atoms with Crippen LogP contribution < -0.4 is 0 Å². The van der Waals surface area contributed by atoms with Gasteiger partial charge in [0.15, 0.2) is 6.10 Å². The fourth-order valence-corrected chi connectivity index (χ4v) is 1.45. The van der Waals surface area contributed by atoms with E-state index in [1.807, 2.05) is 6.07 Å². The van der Waals surface area contributed by atoms with Crippen LogP contribution in [0.2, 0.25) is 0 Å². The zero-order valence-electron chi connectivity index (χ0n) is 8.85. The van der Waals surface area contributed by atoms with Crippen molar-refractivity contribution in [3.05, 3.63) is 54.1 Å². The third kappa shape index (κ3) is 2.78. The van der Waals surface area contributed by atoms with Gasteiger partial charge in [-0.25, -0.2) is 4.79 Å². The zero-order valence-corrected chi connectivity index (χ0v) is 8.85. The van der Waals surface area contributed by atoms with Crippen molar-refractivity contribution in [3.8, 4) is 0 Å². The minimum Gasteiger partial charge on any atom is -0.448 e. The second kappa shape index (κ2) is 4.49. The summed E-state index contributed by atoms with van der Waals surface area (Å²) in [6.07, 6.45) is 2.47. The molecule has 88 valence electrons. The summed E-state index contributed by atoms with van der Waals surface area (Å²) in [6, 6.07) is 8.97. The number of hydrogen-bond donors (Lipinski definition) is 0. The number of esters is 1. The molecule has 0 unspecified atom stereocenters. The summed E-state index contributed by atoms with van der Waals surface area (Å²) in [5.41, 5.74) is 0.772. The molecule has 0 amide bonds. The predicted molar refractivity (Wildman–Crippen MR) is 59.4 cm³/mol. The van der Waals surface area contributed by atoms with Gasteiger partial charge in [-0.2, -0.15) is 8.78 Å². The van der Waals surface area contributed by atoms with Crippen LogP contribution in [0.25, 0.3) is 6.08 Å². The van der Waals surface area contributed by atoms with Crippen LogP contribution in [0, 0.1) is 0 Å². The van der Waals surface area contributed by atoms with Gasteiger partial charge in [0.05, 0.1) is 0 Å². The number of carbonyl (C=O) groups is 1. The second-order valence-corrected chi connectivity index (χ2v) is 3.64. The number of benzene rings is 1. The molecule has 4 heteroatoms. The Labute approximate surface area is 97.2 Å². The number of ether oxygens (including phenoxy) is 1. The lowest BCUT2D eigenvalue weighted by molar-refractivity contribution is -0.157. The average molecular weight is 236 g/mol.